The first-order valence-electron chi connectivity index (χ1n) is 2.67. The first kappa shape index (κ1) is 15.5. The number of carboxylic acids is 1. The Morgan fingerprint density at radius 1 is 1.38 bits per heavy atom. The summed E-state index contributed by atoms with van der Waals surface area (Å²) in [6.45, 7) is 0. The zero-order valence-electron chi connectivity index (χ0n) is 6.97. The Morgan fingerprint density at radius 3 is 2.08 bits per heavy atom. The van der Waals surface area contributed by atoms with Gasteiger partial charge in [0.05, 0.1) is 5.97 Å². The van der Waals surface area contributed by atoms with Crippen LogP contribution in [0.2, 0.25) is 0 Å². The summed E-state index contributed by atoms with van der Waals surface area (Å²) in [5, 5.41) is 17.9. The summed E-state index contributed by atoms with van der Waals surface area (Å²) in [6, 6.07) is 0. The van der Waals surface area contributed by atoms with E-state index in [9.17, 15) is 19.5 Å². The van der Waals surface area contributed by atoms with Crippen molar-refractivity contribution in [1.82, 2.24) is 0 Å². The predicted octanol–water partition coefficient (Wildman–Crippen LogP) is -5.02. The second-order valence-electron chi connectivity index (χ2n) is 1.62. The summed E-state index contributed by atoms with van der Waals surface area (Å²) in [7, 11) is 0.906. The molecule has 0 fully saturated rings. The number of carbonyl (C=O) groups excluding carboxylic acids is 2. The summed E-state index contributed by atoms with van der Waals surface area (Å²) in [5.41, 5.74) is 0. The number of esters is 1. The van der Waals surface area contributed by atoms with Gasteiger partial charge in [0.1, 0.15) is 0 Å². The van der Waals surface area contributed by atoms with Crippen LogP contribution in [0, 0.1) is 0 Å². The maximum absolute atomic E-state index is 10.5. The van der Waals surface area contributed by atoms with Crippen LogP contribution in [0.25, 0.3) is 0 Å². The molecule has 68 valence electrons. The molecule has 0 aliphatic carbocycles. The van der Waals surface area contributed by atoms with Gasteiger partial charge in [-0.25, -0.2) is 9.59 Å². The van der Waals surface area contributed by atoms with Crippen molar-refractivity contribution in [3.8, 4) is 0 Å². The molecule has 0 aliphatic heterocycles. The number of rotatable bonds is 3. The van der Waals surface area contributed by atoms with E-state index >= 15 is 0 Å². The molecule has 0 aromatic carbocycles. The van der Waals surface area contributed by atoms with Gasteiger partial charge >= 0.3 is 63.5 Å². The van der Waals surface area contributed by atoms with Crippen LogP contribution in [0.3, 0.4) is 0 Å². The van der Waals surface area contributed by atoms with Crippen LogP contribution < -0.4 is 56.5 Å². The maximum atomic E-state index is 10.5. The van der Waals surface area contributed by atoms with Crippen molar-refractivity contribution in [2.75, 3.05) is 7.11 Å². The van der Waals surface area contributed by atoms with E-state index in [1.54, 1.807) is 0 Å². The summed E-state index contributed by atoms with van der Waals surface area (Å²) in [6.07, 6.45) is -3.91. The smallest absolute Gasteiger partial charge is 0.547 e. The second-order valence-corrected chi connectivity index (χ2v) is 1.62. The molecule has 0 spiro atoms. The molecule has 0 saturated heterocycles. The van der Waals surface area contributed by atoms with Gasteiger partial charge in [0.15, 0.2) is 6.10 Å². The van der Waals surface area contributed by atoms with Crippen molar-refractivity contribution in [2.24, 2.45) is 0 Å². The molecule has 0 aromatic rings. The Hall–Kier alpha value is 0.00636. The molecule has 0 amide bonds. The van der Waals surface area contributed by atoms with Gasteiger partial charge in [0, 0.05) is 7.11 Å². The summed E-state index contributed by atoms with van der Waals surface area (Å²) in [5.74, 6) is -3.39. The van der Waals surface area contributed by atoms with Gasteiger partial charge in [0.2, 0.25) is 0 Å². The fourth-order valence-electron chi connectivity index (χ4n) is 0.428. The minimum absolute atomic E-state index is 0. The number of carboxylic acid groups (broad SMARTS) is 2. The van der Waals surface area contributed by atoms with E-state index in [0.717, 1.165) is 7.11 Å². The molecular weight excluding hydrogens is 211 g/mol. The second kappa shape index (κ2) is 7.41. The topological polar surface area (TPSA) is 113 Å². The Bertz CT molecular complexity index is 213. The summed E-state index contributed by atoms with van der Waals surface area (Å²) >= 11 is 0. The summed E-state index contributed by atoms with van der Waals surface area (Å²) < 4.78 is 7.57. The van der Waals surface area contributed by atoms with Gasteiger partial charge in [-0.1, -0.05) is 0 Å². The molecule has 1 N–H and O–H groups in total. The van der Waals surface area contributed by atoms with Crippen LogP contribution in [-0.4, -0.2) is 36.4 Å². The molecule has 0 aliphatic rings. The maximum Gasteiger partial charge on any atom is 1.00 e. The van der Waals surface area contributed by atoms with Gasteiger partial charge in [0.25, 0.3) is 0 Å². The number of aliphatic carboxylic acids is 1. The van der Waals surface area contributed by atoms with Crippen molar-refractivity contribution in [2.45, 2.75) is 6.10 Å². The molecule has 0 radical (unpaired) electrons. The van der Waals surface area contributed by atoms with Crippen molar-refractivity contribution >= 4 is 18.1 Å². The van der Waals surface area contributed by atoms with Gasteiger partial charge in [-0.15, -0.1) is 0 Å². The number of hydrogen-bond acceptors (Lipinski definition) is 6. The zero-order chi connectivity index (χ0) is 9.72. The fraction of sp³-hybridized carbons (Fsp3) is 0.400. The molecule has 1 atom stereocenters. The SMILES string of the molecule is COC(C(=O)[O-])C(=O)OC(=O)O.[K+]. The normalized spacial score (nSPS) is 10.8. The van der Waals surface area contributed by atoms with Crippen LogP contribution in [0.15, 0.2) is 0 Å². The number of methoxy groups -OCH3 is 1. The van der Waals surface area contributed by atoms with Gasteiger partial charge in [-0.3, -0.25) is 0 Å². The van der Waals surface area contributed by atoms with Crippen LogP contribution in [0.1, 0.15) is 0 Å². The molecule has 8 heteroatoms. The Kier molecular flexibility index (Phi) is 8.83. The van der Waals surface area contributed by atoms with Gasteiger partial charge < -0.3 is 24.5 Å². The first-order chi connectivity index (χ1) is 5.49. The first-order valence-corrected chi connectivity index (χ1v) is 2.67. The van der Waals surface area contributed by atoms with Gasteiger partial charge in [-0.2, -0.15) is 0 Å². The summed E-state index contributed by atoms with van der Waals surface area (Å²) in [4.78, 5) is 30.2. The minimum Gasteiger partial charge on any atom is -0.547 e. The third-order valence-electron chi connectivity index (χ3n) is 0.852. The number of hydrogen-bond donors (Lipinski definition) is 1. The van der Waals surface area contributed by atoms with E-state index in [1.165, 1.54) is 0 Å². The van der Waals surface area contributed by atoms with E-state index in [0.29, 0.717) is 0 Å². The van der Waals surface area contributed by atoms with Crippen LogP contribution in [0.5, 0.6) is 0 Å². The third kappa shape index (κ3) is 6.13. The minimum atomic E-state index is -2.01. The molecule has 0 bridgehead atoms. The third-order valence-corrected chi connectivity index (χ3v) is 0.852. The van der Waals surface area contributed by atoms with E-state index in [1.807, 2.05) is 0 Å². The molecule has 13 heavy (non-hydrogen) atoms. The van der Waals surface area contributed by atoms with Crippen molar-refractivity contribution in [1.29, 1.82) is 0 Å². The average Bonchev–Trinajstić information content (AvgIpc) is 1.85. The fourth-order valence-corrected chi connectivity index (χ4v) is 0.428. The molecular formula is C5H5KO7. The molecule has 1 unspecified atom stereocenters. The standard InChI is InChI=1S/C5H6O7.K/c1-11-2(3(6)7)4(8)12-5(9)10;/h2H,1H3,(H,6,7)(H,9,10);/q;+1/p-1. The molecule has 0 saturated carbocycles. The van der Waals surface area contributed by atoms with Crippen LogP contribution in [-0.2, 0) is 19.1 Å². The Balaban J connectivity index is 0. The quantitative estimate of drug-likeness (QED) is 0.285. The van der Waals surface area contributed by atoms with Crippen molar-refractivity contribution in [3.05, 3.63) is 0 Å². The number of carbonyl (C=O) groups is 3. The Morgan fingerprint density at radius 2 is 1.85 bits per heavy atom. The van der Waals surface area contributed by atoms with Crippen molar-refractivity contribution < 1.29 is 85.5 Å². The largest absolute Gasteiger partial charge is 1.00 e. The molecule has 0 aromatic heterocycles. The average molecular weight is 216 g/mol. The monoisotopic (exact) mass is 216 g/mol. The van der Waals surface area contributed by atoms with Crippen LogP contribution in [0.4, 0.5) is 4.79 Å². The predicted molar refractivity (Wildman–Crippen MR) is 29.9 cm³/mol. The molecule has 0 heterocycles. The molecule has 0 rings (SSSR count). The van der Waals surface area contributed by atoms with Crippen molar-refractivity contribution in [3.63, 3.8) is 0 Å². The zero-order valence-corrected chi connectivity index (χ0v) is 10.1. The van der Waals surface area contributed by atoms with Crippen LogP contribution >= 0.6 is 0 Å². The van der Waals surface area contributed by atoms with E-state index in [4.69, 9.17) is 5.11 Å². The van der Waals surface area contributed by atoms with E-state index < -0.39 is 24.2 Å². The molecule has 7 nitrogen and oxygen atoms in total. The number of ether oxygens (including phenoxy) is 2. The Labute approximate surface area is 115 Å². The van der Waals surface area contributed by atoms with E-state index in [2.05, 4.69) is 9.47 Å². The van der Waals surface area contributed by atoms with Gasteiger partial charge in [-0.05, 0) is 0 Å². The van der Waals surface area contributed by atoms with E-state index in [-0.39, 0.29) is 51.4 Å².